The van der Waals surface area contributed by atoms with Gasteiger partial charge in [-0.2, -0.15) is 4.31 Å². The third kappa shape index (κ3) is 5.38. The Labute approximate surface area is 225 Å². The third-order valence-corrected chi connectivity index (χ3v) is 10.2. The van der Waals surface area contributed by atoms with E-state index in [4.69, 9.17) is 4.74 Å². The lowest BCUT2D eigenvalue weighted by Gasteiger charge is -2.22. The molecule has 202 valence electrons. The standard InChI is InChI=1S/C26H30N4O6S2/c1-36-22-13-12-20-24(28-22)37-26(27-20)29-23(31)19(15-16-5-2-3-6-16)17-8-10-18(11-9-17)38(34,35)30-14-4-7-21(30)25(32)33/h8-13,16,19,21H,2-7,14-15H2,1H3,(H,32,33)(H,27,29,31). The van der Waals surface area contributed by atoms with E-state index in [0.717, 1.165) is 30.0 Å². The molecule has 38 heavy (non-hydrogen) atoms. The minimum atomic E-state index is -3.96. The van der Waals surface area contributed by atoms with Gasteiger partial charge in [-0.1, -0.05) is 49.2 Å². The first-order valence-electron chi connectivity index (χ1n) is 12.7. The summed E-state index contributed by atoms with van der Waals surface area (Å²) in [6.07, 6.45) is 5.86. The van der Waals surface area contributed by atoms with Crippen molar-refractivity contribution in [2.24, 2.45) is 5.92 Å². The molecule has 1 aromatic carbocycles. The minimum Gasteiger partial charge on any atom is -0.481 e. The molecule has 10 nitrogen and oxygen atoms in total. The summed E-state index contributed by atoms with van der Waals surface area (Å²) >= 11 is 1.27. The van der Waals surface area contributed by atoms with Crippen LogP contribution in [0.2, 0.25) is 0 Å². The number of hydrogen-bond donors (Lipinski definition) is 2. The lowest BCUT2D eigenvalue weighted by atomic mass is 9.87. The molecule has 2 aromatic heterocycles. The third-order valence-electron chi connectivity index (χ3n) is 7.41. The van der Waals surface area contributed by atoms with Gasteiger partial charge in [0.2, 0.25) is 21.8 Å². The van der Waals surface area contributed by atoms with Gasteiger partial charge < -0.3 is 15.2 Å². The number of sulfonamides is 1. The summed E-state index contributed by atoms with van der Waals surface area (Å²) in [6.45, 7) is 0.177. The Kier molecular flexibility index (Phi) is 7.64. The number of methoxy groups -OCH3 is 1. The summed E-state index contributed by atoms with van der Waals surface area (Å²) in [5.74, 6) is -0.945. The monoisotopic (exact) mass is 558 g/mol. The fourth-order valence-electron chi connectivity index (χ4n) is 5.42. The molecule has 12 heteroatoms. The zero-order chi connectivity index (χ0) is 26.9. The number of amides is 1. The van der Waals surface area contributed by atoms with Gasteiger partial charge in [0.25, 0.3) is 0 Å². The molecule has 1 saturated carbocycles. The lowest BCUT2D eigenvalue weighted by Crippen LogP contribution is -2.40. The van der Waals surface area contributed by atoms with Gasteiger partial charge in [-0.3, -0.25) is 9.59 Å². The molecule has 1 aliphatic heterocycles. The van der Waals surface area contributed by atoms with Crippen molar-refractivity contribution in [3.63, 3.8) is 0 Å². The van der Waals surface area contributed by atoms with Crippen molar-refractivity contribution in [3.05, 3.63) is 42.0 Å². The van der Waals surface area contributed by atoms with Crippen molar-refractivity contribution < 1.29 is 27.9 Å². The molecule has 3 heterocycles. The van der Waals surface area contributed by atoms with Gasteiger partial charge in [0, 0.05) is 12.6 Å². The van der Waals surface area contributed by atoms with Crippen LogP contribution in [0.3, 0.4) is 0 Å². The van der Waals surface area contributed by atoms with E-state index < -0.39 is 28.0 Å². The molecule has 1 saturated heterocycles. The fraction of sp³-hybridized carbons (Fsp3) is 0.462. The predicted octanol–water partition coefficient (Wildman–Crippen LogP) is 4.24. The average Bonchev–Trinajstić information content (AvgIpc) is 3.67. The number of aromatic nitrogens is 2. The molecule has 0 bridgehead atoms. The van der Waals surface area contributed by atoms with Crippen LogP contribution in [0, 0.1) is 5.92 Å². The Morgan fingerprint density at radius 1 is 1.11 bits per heavy atom. The van der Waals surface area contributed by atoms with Crippen LogP contribution in [0.5, 0.6) is 5.88 Å². The first-order valence-corrected chi connectivity index (χ1v) is 15.0. The van der Waals surface area contributed by atoms with E-state index in [1.807, 2.05) is 0 Å². The number of rotatable bonds is 9. The highest BCUT2D eigenvalue weighted by molar-refractivity contribution is 7.89. The van der Waals surface area contributed by atoms with Crippen molar-refractivity contribution in [2.75, 3.05) is 19.0 Å². The number of carboxylic acid groups (broad SMARTS) is 1. The van der Waals surface area contributed by atoms with Gasteiger partial charge >= 0.3 is 5.97 Å². The van der Waals surface area contributed by atoms with Crippen LogP contribution < -0.4 is 10.1 Å². The highest BCUT2D eigenvalue weighted by Gasteiger charge is 2.39. The van der Waals surface area contributed by atoms with Crippen molar-refractivity contribution in [3.8, 4) is 5.88 Å². The largest absolute Gasteiger partial charge is 0.481 e. The van der Waals surface area contributed by atoms with Crippen LogP contribution in [0.15, 0.2) is 41.3 Å². The molecule has 0 spiro atoms. The summed E-state index contributed by atoms with van der Waals surface area (Å²) in [5.41, 5.74) is 1.38. The van der Waals surface area contributed by atoms with E-state index in [1.54, 1.807) is 24.3 Å². The van der Waals surface area contributed by atoms with Gasteiger partial charge in [0.1, 0.15) is 16.4 Å². The Morgan fingerprint density at radius 3 is 2.53 bits per heavy atom. The first-order chi connectivity index (χ1) is 18.3. The Bertz CT molecular complexity index is 1430. The zero-order valence-electron chi connectivity index (χ0n) is 21.0. The number of carboxylic acids is 1. The van der Waals surface area contributed by atoms with Gasteiger partial charge in [0.15, 0.2) is 5.13 Å². The Balaban J connectivity index is 1.39. The number of nitrogens with one attached hydrogen (secondary N) is 1. The van der Waals surface area contributed by atoms with Gasteiger partial charge in [-0.15, -0.1) is 0 Å². The zero-order valence-corrected chi connectivity index (χ0v) is 22.6. The second-order valence-electron chi connectivity index (χ2n) is 9.81. The highest BCUT2D eigenvalue weighted by atomic mass is 32.2. The minimum absolute atomic E-state index is 0.0284. The molecule has 1 aliphatic carbocycles. The summed E-state index contributed by atoms with van der Waals surface area (Å²) < 4.78 is 32.6. The summed E-state index contributed by atoms with van der Waals surface area (Å²) in [5, 5.41) is 12.8. The number of hydrogen-bond acceptors (Lipinski definition) is 8. The molecule has 2 fully saturated rings. The van der Waals surface area contributed by atoms with E-state index in [0.29, 0.717) is 52.1 Å². The van der Waals surface area contributed by atoms with Crippen molar-refractivity contribution in [1.82, 2.24) is 14.3 Å². The molecule has 5 rings (SSSR count). The molecule has 3 aromatic rings. The number of ether oxygens (including phenoxy) is 1. The predicted molar refractivity (Wildman–Crippen MR) is 143 cm³/mol. The van der Waals surface area contributed by atoms with E-state index in [9.17, 15) is 23.1 Å². The van der Waals surface area contributed by atoms with Crippen molar-refractivity contribution in [1.29, 1.82) is 0 Å². The summed E-state index contributed by atoms with van der Waals surface area (Å²) in [4.78, 5) is 34.6. The second-order valence-corrected chi connectivity index (χ2v) is 12.7. The van der Waals surface area contributed by atoms with Gasteiger partial charge in [0.05, 0.1) is 17.9 Å². The maximum Gasteiger partial charge on any atom is 0.322 e. The van der Waals surface area contributed by atoms with E-state index in [1.165, 1.54) is 30.6 Å². The number of anilines is 1. The smallest absolute Gasteiger partial charge is 0.322 e. The molecule has 2 aliphatic rings. The number of benzene rings is 1. The first kappa shape index (κ1) is 26.5. The number of pyridine rings is 1. The maximum absolute atomic E-state index is 13.5. The van der Waals surface area contributed by atoms with Crippen molar-refractivity contribution in [2.45, 2.75) is 61.8 Å². The Morgan fingerprint density at radius 2 is 1.84 bits per heavy atom. The number of carbonyl (C=O) groups is 2. The summed E-state index contributed by atoms with van der Waals surface area (Å²) in [6, 6.07) is 8.75. The van der Waals surface area contributed by atoms with Crippen molar-refractivity contribution >= 4 is 48.7 Å². The van der Waals surface area contributed by atoms with Crippen LogP contribution >= 0.6 is 11.3 Å². The fourth-order valence-corrected chi connectivity index (χ4v) is 7.90. The number of fused-ring (bicyclic) bond motifs is 1. The van der Waals surface area contributed by atoms with Crippen LogP contribution in [0.1, 0.15) is 56.4 Å². The molecular formula is C26H30N4O6S2. The molecular weight excluding hydrogens is 528 g/mol. The van der Waals surface area contributed by atoms with Crippen LogP contribution in [-0.4, -0.2) is 59.4 Å². The van der Waals surface area contributed by atoms with Gasteiger partial charge in [-0.05, 0) is 48.9 Å². The quantitative estimate of drug-likeness (QED) is 0.398. The van der Waals surface area contributed by atoms with Gasteiger partial charge in [-0.25, -0.2) is 18.4 Å². The lowest BCUT2D eigenvalue weighted by molar-refractivity contribution is -0.140. The van der Waals surface area contributed by atoms with E-state index >= 15 is 0 Å². The highest BCUT2D eigenvalue weighted by Crippen LogP contribution is 2.36. The SMILES string of the molecule is COc1ccc2nc(NC(=O)C(CC3CCCC3)c3ccc(S(=O)(=O)N4CCCC4C(=O)O)cc3)sc2n1. The topological polar surface area (TPSA) is 139 Å². The van der Waals surface area contributed by atoms with Crippen LogP contribution in [0.25, 0.3) is 10.3 Å². The normalized spacial score (nSPS) is 19.6. The molecule has 2 unspecified atom stereocenters. The van der Waals surface area contributed by atoms with Crippen LogP contribution in [-0.2, 0) is 19.6 Å². The number of carbonyl (C=O) groups excluding carboxylic acids is 1. The number of aliphatic carboxylic acids is 1. The maximum atomic E-state index is 13.5. The molecule has 1 amide bonds. The summed E-state index contributed by atoms with van der Waals surface area (Å²) in [7, 11) is -2.42. The number of nitrogens with zero attached hydrogens (tertiary/aromatic N) is 3. The molecule has 2 N–H and O–H groups in total. The van der Waals surface area contributed by atoms with E-state index in [2.05, 4.69) is 15.3 Å². The molecule has 2 atom stereocenters. The van der Waals surface area contributed by atoms with E-state index in [-0.39, 0.29) is 17.3 Å². The second kappa shape index (κ2) is 11.0. The number of thiazole rings is 1. The van der Waals surface area contributed by atoms with Crippen LogP contribution in [0.4, 0.5) is 5.13 Å². The average molecular weight is 559 g/mol. The molecule has 0 radical (unpaired) electrons. The Hall–Kier alpha value is -3.09.